The van der Waals surface area contributed by atoms with Gasteiger partial charge < -0.3 is 10.3 Å². The zero-order valence-corrected chi connectivity index (χ0v) is 8.04. The minimum atomic E-state index is -0.346. The summed E-state index contributed by atoms with van der Waals surface area (Å²) in [6.07, 6.45) is 2.06. The Morgan fingerprint density at radius 1 is 1.50 bits per heavy atom. The third-order valence-electron chi connectivity index (χ3n) is 2.60. The predicted molar refractivity (Wildman–Crippen MR) is 52.3 cm³/mol. The second-order valence-corrected chi connectivity index (χ2v) is 3.58. The van der Waals surface area contributed by atoms with E-state index in [1.54, 1.807) is 0 Å². The van der Waals surface area contributed by atoms with Crippen molar-refractivity contribution < 1.29 is 0 Å². The molecule has 0 bridgehead atoms. The quantitative estimate of drug-likeness (QED) is 0.634. The molecule has 2 N–H and O–H groups in total. The number of nitrogens with zero attached hydrogens (tertiary/aromatic N) is 1. The van der Waals surface area contributed by atoms with E-state index in [0.29, 0.717) is 5.69 Å². The van der Waals surface area contributed by atoms with Gasteiger partial charge in [-0.15, -0.1) is 0 Å². The first kappa shape index (κ1) is 9.21. The zero-order chi connectivity index (χ0) is 10.1. The number of H-pyrrole nitrogens is 1. The molecule has 0 aliphatic carbocycles. The lowest BCUT2D eigenvalue weighted by Gasteiger charge is -2.09. The molecule has 2 heterocycles. The number of aromatic amines is 1. The Morgan fingerprint density at radius 2 is 2.29 bits per heavy atom. The van der Waals surface area contributed by atoms with Crippen LogP contribution in [0.1, 0.15) is 24.6 Å². The van der Waals surface area contributed by atoms with Gasteiger partial charge in [0.2, 0.25) is 0 Å². The van der Waals surface area contributed by atoms with Crippen molar-refractivity contribution in [2.24, 2.45) is 7.05 Å². The molecule has 0 aromatic carbocycles. The van der Waals surface area contributed by atoms with Crippen molar-refractivity contribution in [2.75, 3.05) is 6.54 Å². The van der Waals surface area contributed by atoms with Crippen LogP contribution in [0.4, 0.5) is 0 Å². The maximum atomic E-state index is 11.3. The highest BCUT2D eigenvalue weighted by atomic mass is 16.2. The third-order valence-corrected chi connectivity index (χ3v) is 2.60. The zero-order valence-electron chi connectivity index (χ0n) is 8.04. The molecule has 76 valence electrons. The van der Waals surface area contributed by atoms with Crippen molar-refractivity contribution in [3.05, 3.63) is 32.6 Å². The first-order valence-corrected chi connectivity index (χ1v) is 4.72. The summed E-state index contributed by atoms with van der Waals surface area (Å²) >= 11 is 0. The molecule has 1 saturated heterocycles. The van der Waals surface area contributed by atoms with Crippen molar-refractivity contribution in [2.45, 2.75) is 18.9 Å². The van der Waals surface area contributed by atoms with E-state index >= 15 is 0 Å². The lowest BCUT2D eigenvalue weighted by Crippen LogP contribution is -2.34. The normalized spacial score (nSPS) is 21.4. The van der Waals surface area contributed by atoms with Crippen LogP contribution in [0.5, 0.6) is 0 Å². The SMILES string of the molecule is Cn1c(=O)cc(C2CCCN2)[nH]c1=O. The molecule has 0 radical (unpaired) electrons. The average molecular weight is 195 g/mol. The number of nitrogens with one attached hydrogen (secondary N) is 2. The Hall–Kier alpha value is -1.36. The topological polar surface area (TPSA) is 66.9 Å². The summed E-state index contributed by atoms with van der Waals surface area (Å²) in [7, 11) is 1.47. The minimum Gasteiger partial charge on any atom is -0.309 e. The van der Waals surface area contributed by atoms with Gasteiger partial charge in [0.05, 0.1) is 0 Å². The molecule has 1 aromatic heterocycles. The number of rotatable bonds is 1. The van der Waals surface area contributed by atoms with Gasteiger partial charge in [-0.05, 0) is 19.4 Å². The monoisotopic (exact) mass is 195 g/mol. The Balaban J connectivity index is 2.45. The Morgan fingerprint density at radius 3 is 2.86 bits per heavy atom. The highest BCUT2D eigenvalue weighted by molar-refractivity contribution is 5.07. The van der Waals surface area contributed by atoms with Gasteiger partial charge in [-0.3, -0.25) is 9.36 Å². The average Bonchev–Trinajstić information content (AvgIpc) is 2.66. The molecule has 0 saturated carbocycles. The molecule has 5 nitrogen and oxygen atoms in total. The first-order valence-electron chi connectivity index (χ1n) is 4.72. The molecule has 2 rings (SSSR count). The van der Waals surface area contributed by atoms with E-state index in [-0.39, 0.29) is 17.3 Å². The van der Waals surface area contributed by atoms with E-state index in [4.69, 9.17) is 0 Å². The van der Waals surface area contributed by atoms with E-state index in [1.807, 2.05) is 0 Å². The smallest absolute Gasteiger partial charge is 0.309 e. The Bertz CT molecular complexity index is 409. The summed E-state index contributed by atoms with van der Waals surface area (Å²) in [6.45, 7) is 0.946. The molecule has 1 aliphatic rings. The van der Waals surface area contributed by atoms with Crippen LogP contribution in [0.15, 0.2) is 15.7 Å². The van der Waals surface area contributed by atoms with Crippen LogP contribution in [0.25, 0.3) is 0 Å². The summed E-state index contributed by atoms with van der Waals surface area (Å²) in [6, 6.07) is 1.63. The fraction of sp³-hybridized carbons (Fsp3) is 0.556. The van der Waals surface area contributed by atoms with Gasteiger partial charge >= 0.3 is 5.69 Å². The van der Waals surface area contributed by atoms with Gasteiger partial charge in [0.1, 0.15) is 0 Å². The number of aromatic nitrogens is 2. The van der Waals surface area contributed by atoms with E-state index in [1.165, 1.54) is 13.1 Å². The molecule has 14 heavy (non-hydrogen) atoms. The molecule has 1 fully saturated rings. The highest BCUT2D eigenvalue weighted by Gasteiger charge is 2.17. The molecule has 1 aliphatic heterocycles. The van der Waals surface area contributed by atoms with Crippen LogP contribution >= 0.6 is 0 Å². The molecule has 5 heteroatoms. The molecule has 1 aromatic rings. The molecule has 0 spiro atoms. The molecule has 1 unspecified atom stereocenters. The standard InChI is InChI=1S/C9H13N3O2/c1-12-8(13)5-7(11-9(12)14)6-3-2-4-10-6/h5-6,10H,2-4H2,1H3,(H,11,14). The predicted octanol–water partition coefficient (Wildman–Crippen LogP) is -0.502. The van der Waals surface area contributed by atoms with E-state index in [0.717, 1.165) is 24.0 Å². The minimum absolute atomic E-state index is 0.136. The second kappa shape index (κ2) is 3.42. The highest BCUT2D eigenvalue weighted by Crippen LogP contribution is 2.18. The fourth-order valence-corrected chi connectivity index (χ4v) is 1.71. The summed E-state index contributed by atoms with van der Waals surface area (Å²) in [5.74, 6) is 0. The molecular formula is C9H13N3O2. The summed E-state index contributed by atoms with van der Waals surface area (Å²) in [5.41, 5.74) is 0.106. The van der Waals surface area contributed by atoms with Crippen molar-refractivity contribution in [1.82, 2.24) is 14.9 Å². The van der Waals surface area contributed by atoms with Gasteiger partial charge in [0, 0.05) is 24.8 Å². The van der Waals surface area contributed by atoms with Crippen LogP contribution in [0.3, 0.4) is 0 Å². The van der Waals surface area contributed by atoms with E-state index in [9.17, 15) is 9.59 Å². The Kier molecular flexibility index (Phi) is 2.25. The van der Waals surface area contributed by atoms with E-state index in [2.05, 4.69) is 10.3 Å². The molecule has 1 atom stereocenters. The van der Waals surface area contributed by atoms with Crippen molar-refractivity contribution in [3.63, 3.8) is 0 Å². The maximum absolute atomic E-state index is 11.3. The third kappa shape index (κ3) is 1.50. The van der Waals surface area contributed by atoms with Crippen LogP contribution in [-0.2, 0) is 7.05 Å². The summed E-state index contributed by atoms with van der Waals surface area (Å²) in [4.78, 5) is 25.3. The Labute approximate surface area is 80.8 Å². The fourth-order valence-electron chi connectivity index (χ4n) is 1.71. The first-order chi connectivity index (χ1) is 6.68. The van der Waals surface area contributed by atoms with Gasteiger partial charge in [-0.25, -0.2) is 4.79 Å². The van der Waals surface area contributed by atoms with Gasteiger partial charge in [0.15, 0.2) is 0 Å². The second-order valence-electron chi connectivity index (χ2n) is 3.58. The molecular weight excluding hydrogens is 182 g/mol. The van der Waals surface area contributed by atoms with Crippen LogP contribution in [-0.4, -0.2) is 16.1 Å². The van der Waals surface area contributed by atoms with Crippen LogP contribution in [0, 0.1) is 0 Å². The van der Waals surface area contributed by atoms with Crippen LogP contribution < -0.4 is 16.6 Å². The van der Waals surface area contributed by atoms with Gasteiger partial charge in [0.25, 0.3) is 5.56 Å². The summed E-state index contributed by atoms with van der Waals surface area (Å²) in [5, 5.41) is 3.23. The largest absolute Gasteiger partial charge is 0.328 e. The van der Waals surface area contributed by atoms with Gasteiger partial charge in [-0.2, -0.15) is 0 Å². The summed E-state index contributed by atoms with van der Waals surface area (Å²) < 4.78 is 1.07. The lowest BCUT2D eigenvalue weighted by molar-refractivity contribution is 0.609. The van der Waals surface area contributed by atoms with Crippen molar-refractivity contribution in [1.29, 1.82) is 0 Å². The lowest BCUT2D eigenvalue weighted by atomic mass is 10.1. The number of hydrogen-bond acceptors (Lipinski definition) is 3. The van der Waals surface area contributed by atoms with Gasteiger partial charge in [-0.1, -0.05) is 0 Å². The maximum Gasteiger partial charge on any atom is 0.328 e. The van der Waals surface area contributed by atoms with Crippen molar-refractivity contribution >= 4 is 0 Å². The van der Waals surface area contributed by atoms with E-state index < -0.39 is 0 Å². The number of hydrogen-bond donors (Lipinski definition) is 2. The van der Waals surface area contributed by atoms with Crippen LogP contribution in [0.2, 0.25) is 0 Å². The molecule has 0 amide bonds. The van der Waals surface area contributed by atoms with Crippen molar-refractivity contribution in [3.8, 4) is 0 Å².